The van der Waals surface area contributed by atoms with Crippen molar-refractivity contribution in [1.29, 1.82) is 0 Å². The van der Waals surface area contributed by atoms with Crippen molar-refractivity contribution in [2.75, 3.05) is 6.54 Å². The number of carbonyl (C=O) groups excluding carboxylic acids is 2. The summed E-state index contributed by atoms with van der Waals surface area (Å²) in [6.45, 7) is 4.42. The second-order valence-electron chi connectivity index (χ2n) is 4.41. The Bertz CT molecular complexity index is 444. The zero-order chi connectivity index (χ0) is 12.5. The molecule has 1 aromatic rings. The zero-order valence-electron chi connectivity index (χ0n) is 10.1. The molecular formula is C13H16N2O2. The summed E-state index contributed by atoms with van der Waals surface area (Å²) in [5.41, 5.74) is 0.445. The quantitative estimate of drug-likeness (QED) is 0.846. The van der Waals surface area contributed by atoms with E-state index in [0.717, 1.165) is 5.56 Å². The average Bonchev–Trinajstić information content (AvgIpc) is 2.29. The Morgan fingerprint density at radius 3 is 2.53 bits per heavy atom. The van der Waals surface area contributed by atoms with Crippen LogP contribution in [0.5, 0.6) is 0 Å². The number of rotatable bonds is 2. The van der Waals surface area contributed by atoms with Gasteiger partial charge in [-0.1, -0.05) is 30.3 Å². The highest BCUT2D eigenvalue weighted by atomic mass is 16.2. The molecule has 4 nitrogen and oxygen atoms in total. The molecule has 1 aromatic carbocycles. The lowest BCUT2D eigenvalue weighted by atomic mass is 9.85. The monoisotopic (exact) mass is 232 g/mol. The summed E-state index contributed by atoms with van der Waals surface area (Å²) >= 11 is 0. The van der Waals surface area contributed by atoms with Gasteiger partial charge in [0.15, 0.2) is 0 Å². The molecule has 1 saturated heterocycles. The van der Waals surface area contributed by atoms with E-state index in [1.165, 1.54) is 0 Å². The second-order valence-corrected chi connectivity index (χ2v) is 4.41. The molecule has 1 aliphatic heterocycles. The summed E-state index contributed by atoms with van der Waals surface area (Å²) < 4.78 is 0. The maximum absolute atomic E-state index is 11.8. The predicted octanol–water partition coefficient (Wildman–Crippen LogP) is 1.86. The van der Waals surface area contributed by atoms with Gasteiger partial charge in [0.1, 0.15) is 0 Å². The van der Waals surface area contributed by atoms with Crippen molar-refractivity contribution in [2.45, 2.75) is 25.8 Å². The molecule has 1 N–H and O–H groups in total. The minimum atomic E-state index is -0.546. The van der Waals surface area contributed by atoms with Crippen molar-refractivity contribution in [3.8, 4) is 0 Å². The molecular weight excluding hydrogens is 216 g/mol. The van der Waals surface area contributed by atoms with Gasteiger partial charge in [-0.2, -0.15) is 0 Å². The summed E-state index contributed by atoms with van der Waals surface area (Å²) in [6, 6.07) is 9.36. The molecule has 90 valence electrons. The molecule has 0 aromatic heterocycles. The number of amides is 3. The van der Waals surface area contributed by atoms with Gasteiger partial charge in [-0.15, -0.1) is 0 Å². The Morgan fingerprint density at radius 1 is 1.29 bits per heavy atom. The van der Waals surface area contributed by atoms with Crippen LogP contribution in [0.2, 0.25) is 0 Å². The second kappa shape index (κ2) is 4.20. The minimum Gasteiger partial charge on any atom is -0.315 e. The van der Waals surface area contributed by atoms with Crippen molar-refractivity contribution in [3.63, 3.8) is 0 Å². The first kappa shape index (κ1) is 11.6. The van der Waals surface area contributed by atoms with Crippen LogP contribution in [0.4, 0.5) is 4.79 Å². The summed E-state index contributed by atoms with van der Waals surface area (Å²) in [7, 11) is 0. The molecule has 2 rings (SSSR count). The van der Waals surface area contributed by atoms with Crippen molar-refractivity contribution in [2.24, 2.45) is 0 Å². The fourth-order valence-electron chi connectivity index (χ4n) is 2.41. The minimum absolute atomic E-state index is 0.217. The van der Waals surface area contributed by atoms with Crippen molar-refractivity contribution >= 4 is 11.9 Å². The third kappa shape index (κ3) is 1.90. The zero-order valence-corrected chi connectivity index (χ0v) is 10.1. The first-order valence-corrected chi connectivity index (χ1v) is 5.75. The first-order valence-electron chi connectivity index (χ1n) is 5.75. The number of nitrogens with one attached hydrogen (secondary N) is 1. The number of imide groups is 1. The molecule has 4 heteroatoms. The van der Waals surface area contributed by atoms with Gasteiger partial charge in [-0.3, -0.25) is 10.1 Å². The van der Waals surface area contributed by atoms with Gasteiger partial charge < -0.3 is 4.90 Å². The van der Waals surface area contributed by atoms with Crippen LogP contribution in [0.1, 0.15) is 25.8 Å². The van der Waals surface area contributed by atoms with Gasteiger partial charge in [0.05, 0.1) is 12.0 Å². The lowest BCUT2D eigenvalue weighted by Crippen LogP contribution is -2.59. The normalized spacial score (nSPS) is 24.7. The van der Waals surface area contributed by atoms with E-state index in [0.29, 0.717) is 13.0 Å². The molecule has 0 bridgehead atoms. The number of carbonyl (C=O) groups is 2. The number of nitrogens with zero attached hydrogens (tertiary/aromatic N) is 1. The molecule has 17 heavy (non-hydrogen) atoms. The van der Waals surface area contributed by atoms with Gasteiger partial charge in [-0.25, -0.2) is 4.79 Å². The Morgan fingerprint density at radius 2 is 1.94 bits per heavy atom. The standard InChI is InChI=1S/C13H16N2O2/c1-3-15-12(17)14-11(16)9-13(15,2)10-7-5-4-6-8-10/h4-8H,3,9H2,1-2H3,(H,14,16,17). The third-order valence-electron chi connectivity index (χ3n) is 3.30. The number of urea groups is 1. The maximum Gasteiger partial charge on any atom is 0.324 e. The van der Waals surface area contributed by atoms with Gasteiger partial charge in [-0.05, 0) is 19.4 Å². The van der Waals surface area contributed by atoms with Crippen molar-refractivity contribution < 1.29 is 9.59 Å². The number of hydrogen-bond acceptors (Lipinski definition) is 2. The molecule has 1 unspecified atom stereocenters. The Kier molecular flexibility index (Phi) is 2.88. The van der Waals surface area contributed by atoms with Crippen LogP contribution >= 0.6 is 0 Å². The third-order valence-corrected chi connectivity index (χ3v) is 3.30. The van der Waals surface area contributed by atoms with E-state index in [2.05, 4.69) is 5.32 Å². The van der Waals surface area contributed by atoms with E-state index in [1.807, 2.05) is 44.2 Å². The van der Waals surface area contributed by atoms with Crippen molar-refractivity contribution in [3.05, 3.63) is 35.9 Å². The van der Waals surface area contributed by atoms with Crippen molar-refractivity contribution in [1.82, 2.24) is 10.2 Å². The van der Waals surface area contributed by atoms with Crippen LogP contribution in [-0.2, 0) is 10.3 Å². The molecule has 1 aliphatic rings. The van der Waals surface area contributed by atoms with E-state index >= 15 is 0 Å². The summed E-state index contributed by atoms with van der Waals surface area (Å²) in [5, 5.41) is 2.35. The lowest BCUT2D eigenvalue weighted by Gasteiger charge is -2.43. The van der Waals surface area contributed by atoms with Crippen LogP contribution in [0.15, 0.2) is 30.3 Å². The predicted molar refractivity (Wildman–Crippen MR) is 64.3 cm³/mol. The maximum atomic E-state index is 11.8. The Hall–Kier alpha value is -1.84. The van der Waals surface area contributed by atoms with Crippen LogP contribution in [0.25, 0.3) is 0 Å². The Balaban J connectivity index is 2.45. The molecule has 1 atom stereocenters. The molecule has 1 fully saturated rings. The van der Waals surface area contributed by atoms with E-state index in [9.17, 15) is 9.59 Å². The highest BCUT2D eigenvalue weighted by Gasteiger charge is 2.42. The summed E-state index contributed by atoms with van der Waals surface area (Å²) in [5.74, 6) is -0.217. The summed E-state index contributed by atoms with van der Waals surface area (Å²) in [4.78, 5) is 25.1. The first-order chi connectivity index (χ1) is 8.08. The van der Waals surface area contributed by atoms with Crippen LogP contribution < -0.4 is 5.32 Å². The fraction of sp³-hybridized carbons (Fsp3) is 0.385. The highest BCUT2D eigenvalue weighted by molar-refractivity contribution is 5.98. The van der Waals surface area contributed by atoms with E-state index < -0.39 is 5.54 Å². The number of hydrogen-bond donors (Lipinski definition) is 1. The molecule has 0 spiro atoms. The summed E-state index contributed by atoms with van der Waals surface area (Å²) in [6.07, 6.45) is 0.302. The van der Waals surface area contributed by atoms with E-state index in [1.54, 1.807) is 4.90 Å². The molecule has 0 radical (unpaired) electrons. The van der Waals surface area contributed by atoms with E-state index in [-0.39, 0.29) is 11.9 Å². The van der Waals surface area contributed by atoms with Gasteiger partial charge >= 0.3 is 6.03 Å². The van der Waals surface area contributed by atoms with Crippen LogP contribution in [0, 0.1) is 0 Å². The van der Waals surface area contributed by atoms with Gasteiger partial charge in [0.2, 0.25) is 5.91 Å². The Labute approximate surface area is 101 Å². The lowest BCUT2D eigenvalue weighted by molar-refractivity contribution is -0.125. The van der Waals surface area contributed by atoms with Crippen LogP contribution in [0.3, 0.4) is 0 Å². The average molecular weight is 232 g/mol. The van der Waals surface area contributed by atoms with E-state index in [4.69, 9.17) is 0 Å². The van der Waals surface area contributed by atoms with Crippen LogP contribution in [-0.4, -0.2) is 23.4 Å². The highest BCUT2D eigenvalue weighted by Crippen LogP contribution is 2.33. The molecule has 3 amide bonds. The molecule has 1 heterocycles. The number of benzene rings is 1. The SMILES string of the molecule is CCN1C(=O)NC(=O)CC1(C)c1ccccc1. The largest absolute Gasteiger partial charge is 0.324 e. The smallest absolute Gasteiger partial charge is 0.315 e. The topological polar surface area (TPSA) is 49.4 Å². The van der Waals surface area contributed by atoms with Gasteiger partial charge in [0.25, 0.3) is 0 Å². The van der Waals surface area contributed by atoms with Gasteiger partial charge in [0, 0.05) is 6.54 Å². The fourth-order valence-corrected chi connectivity index (χ4v) is 2.41. The molecule has 0 saturated carbocycles. The molecule has 0 aliphatic carbocycles.